The third-order valence-corrected chi connectivity index (χ3v) is 7.13. The van der Waals surface area contributed by atoms with Gasteiger partial charge in [-0.1, -0.05) is 6.92 Å². The Bertz CT molecular complexity index is 1060. The van der Waals surface area contributed by atoms with E-state index in [1.54, 1.807) is 7.11 Å². The molecular weight excluding hydrogens is 382 g/mol. The van der Waals surface area contributed by atoms with Gasteiger partial charge in [0.1, 0.15) is 5.56 Å². The van der Waals surface area contributed by atoms with E-state index >= 15 is 0 Å². The van der Waals surface area contributed by atoms with Crippen molar-refractivity contribution in [3.63, 3.8) is 0 Å². The lowest BCUT2D eigenvalue weighted by Crippen LogP contribution is -2.56. The van der Waals surface area contributed by atoms with Crippen molar-refractivity contribution in [2.75, 3.05) is 18.6 Å². The van der Waals surface area contributed by atoms with Crippen LogP contribution in [0.4, 0.5) is 5.69 Å². The predicted octanol–water partition coefficient (Wildman–Crippen LogP) is 3.60. The van der Waals surface area contributed by atoms with Crippen molar-refractivity contribution in [2.24, 2.45) is 5.73 Å². The Labute approximate surface area is 176 Å². The first-order valence-corrected chi connectivity index (χ1v) is 10.7. The van der Waals surface area contributed by atoms with E-state index in [-0.39, 0.29) is 16.6 Å². The van der Waals surface area contributed by atoms with Crippen LogP contribution in [-0.4, -0.2) is 40.8 Å². The normalized spacial score (nSPS) is 23.2. The van der Waals surface area contributed by atoms with Crippen molar-refractivity contribution in [2.45, 2.75) is 69.9 Å². The molecule has 0 amide bonds. The molecule has 7 heteroatoms. The van der Waals surface area contributed by atoms with Crippen molar-refractivity contribution in [1.82, 2.24) is 4.98 Å². The number of methoxy groups -OCH3 is 1. The summed E-state index contributed by atoms with van der Waals surface area (Å²) < 4.78 is 5.92. The van der Waals surface area contributed by atoms with E-state index in [0.29, 0.717) is 29.1 Å². The van der Waals surface area contributed by atoms with Gasteiger partial charge in [0.15, 0.2) is 5.75 Å². The topological polar surface area (TPSA) is 109 Å². The Morgan fingerprint density at radius 3 is 2.60 bits per heavy atom. The number of carboxylic acid groups (broad SMARTS) is 1. The number of hydrogen-bond donors (Lipinski definition) is 3. The number of pyridine rings is 1. The lowest BCUT2D eigenvalue weighted by molar-refractivity contribution is 0.0695. The highest BCUT2D eigenvalue weighted by Gasteiger charge is 2.51. The molecule has 4 rings (SSSR count). The molecule has 0 spiro atoms. The average Bonchev–Trinajstić information content (AvgIpc) is 3.51. The average molecular weight is 414 g/mol. The van der Waals surface area contributed by atoms with E-state index in [4.69, 9.17) is 10.5 Å². The fraction of sp³-hybridized carbons (Fsp3) is 0.565. The van der Waals surface area contributed by atoms with Crippen LogP contribution in [0.15, 0.2) is 17.1 Å². The summed E-state index contributed by atoms with van der Waals surface area (Å²) in [6.07, 6.45) is 6.28. The fourth-order valence-corrected chi connectivity index (χ4v) is 5.26. The molecule has 1 saturated carbocycles. The molecule has 30 heavy (non-hydrogen) atoms. The summed E-state index contributed by atoms with van der Waals surface area (Å²) in [6, 6.07) is 1.89. The molecular formula is C23H31N3O4. The molecule has 1 aromatic heterocycles. The molecule has 1 unspecified atom stereocenters. The molecule has 2 aromatic rings. The van der Waals surface area contributed by atoms with Gasteiger partial charge in [0.05, 0.1) is 29.2 Å². The minimum Gasteiger partial charge on any atom is -0.492 e. The van der Waals surface area contributed by atoms with Crippen molar-refractivity contribution in [3.05, 3.63) is 33.6 Å². The van der Waals surface area contributed by atoms with Crippen LogP contribution >= 0.6 is 0 Å². The van der Waals surface area contributed by atoms with Gasteiger partial charge in [-0.25, -0.2) is 4.79 Å². The van der Waals surface area contributed by atoms with Gasteiger partial charge in [0.25, 0.3) is 0 Å². The minimum absolute atomic E-state index is 0.124. The van der Waals surface area contributed by atoms with Crippen LogP contribution in [0, 0.1) is 0 Å². The smallest absolute Gasteiger partial charge is 0.341 e. The third-order valence-electron chi connectivity index (χ3n) is 7.13. The van der Waals surface area contributed by atoms with E-state index in [1.165, 1.54) is 6.20 Å². The number of aromatic amines is 1. The molecule has 1 saturated heterocycles. The zero-order valence-electron chi connectivity index (χ0n) is 18.2. The number of anilines is 1. The quantitative estimate of drug-likeness (QED) is 0.668. The minimum atomic E-state index is -1.23. The summed E-state index contributed by atoms with van der Waals surface area (Å²) in [5.41, 5.74) is 7.90. The Kier molecular flexibility index (Phi) is 4.84. The van der Waals surface area contributed by atoms with Crippen LogP contribution in [0.5, 0.6) is 5.75 Å². The number of H-pyrrole nitrogens is 1. The molecule has 1 atom stereocenters. The zero-order valence-corrected chi connectivity index (χ0v) is 18.2. The largest absolute Gasteiger partial charge is 0.492 e. The number of fused-ring (bicyclic) bond motifs is 1. The third kappa shape index (κ3) is 2.90. The number of rotatable bonds is 6. The van der Waals surface area contributed by atoms with Gasteiger partial charge in [0, 0.05) is 18.3 Å². The van der Waals surface area contributed by atoms with Gasteiger partial charge in [0.2, 0.25) is 5.43 Å². The number of nitrogens with two attached hydrogens (primary N) is 1. The summed E-state index contributed by atoms with van der Waals surface area (Å²) in [7, 11) is 1.61. The fourth-order valence-electron chi connectivity index (χ4n) is 5.26. The highest BCUT2D eigenvalue weighted by molar-refractivity contribution is 5.97. The molecule has 2 aliphatic rings. The SMILES string of the molecule is CCC1(CN)CCC(C)(C)N1c1c(C2CC2)cc2c(=O)c(C(=O)O)c[nH]c2c1OC. The first-order valence-electron chi connectivity index (χ1n) is 10.7. The maximum absolute atomic E-state index is 12.9. The van der Waals surface area contributed by atoms with Crippen LogP contribution in [0.2, 0.25) is 0 Å². The first-order chi connectivity index (χ1) is 14.2. The van der Waals surface area contributed by atoms with Crippen molar-refractivity contribution in [1.29, 1.82) is 0 Å². The van der Waals surface area contributed by atoms with E-state index < -0.39 is 11.4 Å². The molecule has 2 fully saturated rings. The Hall–Kier alpha value is -2.54. The van der Waals surface area contributed by atoms with E-state index in [1.807, 2.05) is 6.07 Å². The Balaban J connectivity index is 2.09. The van der Waals surface area contributed by atoms with Gasteiger partial charge < -0.3 is 25.5 Å². The van der Waals surface area contributed by atoms with Crippen molar-refractivity contribution < 1.29 is 14.6 Å². The van der Waals surface area contributed by atoms with Crippen molar-refractivity contribution >= 4 is 22.6 Å². The summed E-state index contributed by atoms with van der Waals surface area (Å²) in [5.74, 6) is -0.289. The van der Waals surface area contributed by atoms with Crippen LogP contribution in [0.1, 0.15) is 74.7 Å². The van der Waals surface area contributed by atoms with Crippen molar-refractivity contribution in [3.8, 4) is 5.75 Å². The highest BCUT2D eigenvalue weighted by atomic mass is 16.5. The van der Waals surface area contributed by atoms with Gasteiger partial charge in [-0.2, -0.15) is 0 Å². The molecule has 1 aromatic carbocycles. The Morgan fingerprint density at radius 2 is 2.07 bits per heavy atom. The molecule has 7 nitrogen and oxygen atoms in total. The van der Waals surface area contributed by atoms with Gasteiger partial charge in [-0.05, 0) is 63.5 Å². The molecule has 162 valence electrons. The number of ether oxygens (including phenoxy) is 1. The highest BCUT2D eigenvalue weighted by Crippen LogP contribution is 2.55. The number of nitrogens with zero attached hydrogens (tertiary/aromatic N) is 1. The summed E-state index contributed by atoms with van der Waals surface area (Å²) in [6.45, 7) is 7.17. The van der Waals surface area contributed by atoms with E-state index in [0.717, 1.165) is 43.4 Å². The molecule has 0 radical (unpaired) electrons. The molecule has 1 aliphatic carbocycles. The van der Waals surface area contributed by atoms with Crippen LogP contribution in [-0.2, 0) is 0 Å². The maximum atomic E-state index is 12.9. The van der Waals surface area contributed by atoms with Gasteiger partial charge >= 0.3 is 5.97 Å². The number of aromatic nitrogens is 1. The first kappa shape index (κ1) is 20.7. The number of benzene rings is 1. The molecule has 2 heterocycles. The second-order valence-electron chi connectivity index (χ2n) is 9.31. The lowest BCUT2D eigenvalue weighted by Gasteiger charge is -2.47. The summed E-state index contributed by atoms with van der Waals surface area (Å²) >= 11 is 0. The molecule has 4 N–H and O–H groups in total. The number of carboxylic acids is 1. The monoisotopic (exact) mass is 413 g/mol. The number of hydrogen-bond acceptors (Lipinski definition) is 5. The maximum Gasteiger partial charge on any atom is 0.341 e. The summed E-state index contributed by atoms with van der Waals surface area (Å²) in [5, 5.41) is 9.76. The van der Waals surface area contributed by atoms with Gasteiger partial charge in [-0.3, -0.25) is 4.79 Å². The van der Waals surface area contributed by atoms with E-state index in [9.17, 15) is 14.7 Å². The number of aromatic carboxylic acids is 1. The van der Waals surface area contributed by atoms with Crippen LogP contribution in [0.25, 0.3) is 10.9 Å². The molecule has 1 aliphatic heterocycles. The zero-order chi connectivity index (χ0) is 21.8. The summed E-state index contributed by atoms with van der Waals surface area (Å²) in [4.78, 5) is 29.9. The number of nitrogens with one attached hydrogen (secondary N) is 1. The van der Waals surface area contributed by atoms with Gasteiger partial charge in [-0.15, -0.1) is 0 Å². The standard InChI is InChI=1S/C23H31N3O4/c1-5-23(12-24)9-8-22(2,3)26(23)18-14(13-6-7-13)10-15-17(20(18)30-4)25-11-16(19(15)27)21(28)29/h10-11,13H,5-9,12,24H2,1-4H3,(H,25,27)(H,28,29). The van der Waals surface area contributed by atoms with Crippen LogP contribution in [0.3, 0.4) is 0 Å². The second-order valence-corrected chi connectivity index (χ2v) is 9.31. The van der Waals surface area contributed by atoms with E-state index in [2.05, 4.69) is 30.7 Å². The number of carbonyl (C=O) groups is 1. The second kappa shape index (κ2) is 7.01. The predicted molar refractivity (Wildman–Crippen MR) is 118 cm³/mol. The van der Waals surface area contributed by atoms with Crippen LogP contribution < -0.4 is 20.8 Å². The Morgan fingerprint density at radius 1 is 1.37 bits per heavy atom. The molecule has 0 bridgehead atoms. The lowest BCUT2D eigenvalue weighted by atomic mass is 9.90.